The highest BCUT2D eigenvalue weighted by molar-refractivity contribution is 6.10. The van der Waals surface area contributed by atoms with E-state index in [1.165, 1.54) is 0 Å². The van der Waals surface area contributed by atoms with Gasteiger partial charge in [0.15, 0.2) is 0 Å². The van der Waals surface area contributed by atoms with E-state index in [4.69, 9.17) is 11.5 Å². The molecule has 3 aromatic rings. The molecule has 6 heteroatoms. The van der Waals surface area contributed by atoms with E-state index in [1.807, 2.05) is 19.1 Å². The second-order valence-electron chi connectivity index (χ2n) is 5.19. The van der Waals surface area contributed by atoms with Crippen molar-refractivity contribution in [1.29, 1.82) is 0 Å². The first-order valence-corrected chi connectivity index (χ1v) is 6.94. The largest absolute Gasteiger partial charge is 0.398 e. The van der Waals surface area contributed by atoms with Crippen molar-refractivity contribution in [2.75, 3.05) is 11.1 Å². The molecule has 112 valence electrons. The fourth-order valence-corrected chi connectivity index (χ4v) is 2.33. The topological polar surface area (TPSA) is 110 Å². The van der Waals surface area contributed by atoms with E-state index in [0.29, 0.717) is 16.9 Å². The van der Waals surface area contributed by atoms with Crippen molar-refractivity contribution in [3.05, 3.63) is 53.9 Å². The zero-order chi connectivity index (χ0) is 15.7. The first-order valence-electron chi connectivity index (χ1n) is 6.94. The monoisotopic (exact) mass is 295 g/mol. The van der Waals surface area contributed by atoms with Gasteiger partial charge in [0.2, 0.25) is 0 Å². The van der Waals surface area contributed by atoms with Crippen LogP contribution in [-0.2, 0) is 0 Å². The van der Waals surface area contributed by atoms with Crippen molar-refractivity contribution in [3.63, 3.8) is 0 Å². The summed E-state index contributed by atoms with van der Waals surface area (Å²) in [6.45, 7) is 1.87. The molecule has 1 aromatic carbocycles. The predicted molar refractivity (Wildman–Crippen MR) is 87.5 cm³/mol. The van der Waals surface area contributed by atoms with E-state index in [1.54, 1.807) is 30.6 Å². The fraction of sp³-hybridized carbons (Fsp3) is 0.125. The maximum Gasteiger partial charge on any atom is 0.257 e. The number of amides is 1. The molecule has 0 aliphatic rings. The summed E-state index contributed by atoms with van der Waals surface area (Å²) >= 11 is 0. The van der Waals surface area contributed by atoms with Gasteiger partial charge in [0, 0.05) is 29.5 Å². The summed E-state index contributed by atoms with van der Waals surface area (Å²) in [7, 11) is 0. The Kier molecular flexibility index (Phi) is 3.52. The number of hydrogen-bond donors (Lipinski definition) is 4. The van der Waals surface area contributed by atoms with Gasteiger partial charge in [0.1, 0.15) is 5.65 Å². The molecular formula is C16H17N5O. The highest BCUT2D eigenvalue weighted by atomic mass is 16.1. The van der Waals surface area contributed by atoms with Gasteiger partial charge in [-0.25, -0.2) is 4.98 Å². The van der Waals surface area contributed by atoms with Gasteiger partial charge in [0.05, 0.1) is 11.3 Å². The number of carbonyl (C=O) groups is 1. The Bertz CT molecular complexity index is 837. The van der Waals surface area contributed by atoms with Gasteiger partial charge in [-0.1, -0.05) is 6.07 Å². The van der Waals surface area contributed by atoms with E-state index < -0.39 is 0 Å². The summed E-state index contributed by atoms with van der Waals surface area (Å²) in [5.74, 6) is -0.262. The summed E-state index contributed by atoms with van der Waals surface area (Å²) in [5, 5.41) is 3.72. The van der Waals surface area contributed by atoms with Gasteiger partial charge in [-0.3, -0.25) is 4.79 Å². The number of nitrogens with zero attached hydrogens (tertiary/aromatic N) is 1. The maximum atomic E-state index is 12.4. The Morgan fingerprint density at radius 3 is 2.86 bits per heavy atom. The second kappa shape index (κ2) is 5.50. The summed E-state index contributed by atoms with van der Waals surface area (Å²) in [6, 6.07) is 8.73. The SMILES string of the molecule is CC(N)c1ccc(C(=O)Nc2ccnc3[nH]ccc23)c(N)c1. The lowest BCUT2D eigenvalue weighted by Crippen LogP contribution is -2.15. The zero-order valence-corrected chi connectivity index (χ0v) is 12.1. The summed E-state index contributed by atoms with van der Waals surface area (Å²) in [4.78, 5) is 19.6. The Morgan fingerprint density at radius 2 is 2.14 bits per heavy atom. The molecule has 0 spiro atoms. The van der Waals surface area contributed by atoms with Crippen LogP contribution in [0, 0.1) is 0 Å². The number of nitrogens with one attached hydrogen (secondary N) is 2. The highest BCUT2D eigenvalue weighted by Crippen LogP contribution is 2.23. The van der Waals surface area contributed by atoms with Crippen LogP contribution < -0.4 is 16.8 Å². The summed E-state index contributed by atoms with van der Waals surface area (Å²) in [5.41, 5.74) is 14.9. The first kappa shape index (κ1) is 14.1. The number of nitrogens with two attached hydrogens (primary N) is 2. The minimum Gasteiger partial charge on any atom is -0.398 e. The van der Waals surface area contributed by atoms with Crippen LogP contribution in [-0.4, -0.2) is 15.9 Å². The van der Waals surface area contributed by atoms with Crippen molar-refractivity contribution in [2.45, 2.75) is 13.0 Å². The molecule has 3 rings (SSSR count). The first-order chi connectivity index (χ1) is 10.6. The molecule has 1 atom stereocenters. The molecule has 1 amide bonds. The van der Waals surface area contributed by atoms with Gasteiger partial charge in [-0.2, -0.15) is 0 Å². The summed E-state index contributed by atoms with van der Waals surface area (Å²) in [6.07, 6.45) is 3.41. The minimum atomic E-state index is -0.262. The predicted octanol–water partition coefficient (Wildman–Crippen LogP) is 2.42. The van der Waals surface area contributed by atoms with Gasteiger partial charge < -0.3 is 21.8 Å². The van der Waals surface area contributed by atoms with Crippen molar-refractivity contribution in [2.24, 2.45) is 5.73 Å². The molecule has 6 N–H and O–H groups in total. The van der Waals surface area contributed by atoms with Crippen LogP contribution in [0.3, 0.4) is 0 Å². The van der Waals surface area contributed by atoms with Crippen LogP contribution in [0.2, 0.25) is 0 Å². The number of pyridine rings is 1. The molecule has 0 aliphatic carbocycles. The number of aromatic nitrogens is 2. The number of aromatic amines is 1. The highest BCUT2D eigenvalue weighted by Gasteiger charge is 2.13. The number of fused-ring (bicyclic) bond motifs is 1. The van der Waals surface area contributed by atoms with E-state index in [0.717, 1.165) is 16.6 Å². The second-order valence-corrected chi connectivity index (χ2v) is 5.19. The minimum absolute atomic E-state index is 0.126. The third-order valence-electron chi connectivity index (χ3n) is 3.55. The van der Waals surface area contributed by atoms with Gasteiger partial charge in [-0.15, -0.1) is 0 Å². The number of benzene rings is 1. The van der Waals surface area contributed by atoms with Crippen molar-refractivity contribution in [1.82, 2.24) is 9.97 Å². The van der Waals surface area contributed by atoms with Gasteiger partial charge >= 0.3 is 0 Å². The Hall–Kier alpha value is -2.86. The van der Waals surface area contributed by atoms with Crippen LogP contribution >= 0.6 is 0 Å². The Balaban J connectivity index is 1.90. The summed E-state index contributed by atoms with van der Waals surface area (Å²) < 4.78 is 0. The number of carbonyl (C=O) groups excluding carboxylic acids is 1. The third-order valence-corrected chi connectivity index (χ3v) is 3.55. The quantitative estimate of drug-likeness (QED) is 0.556. The number of rotatable bonds is 3. The normalized spacial score (nSPS) is 12.3. The number of nitrogen functional groups attached to an aromatic ring is 1. The number of anilines is 2. The lowest BCUT2D eigenvalue weighted by molar-refractivity contribution is 0.102. The van der Waals surface area contributed by atoms with Crippen molar-refractivity contribution >= 4 is 28.3 Å². The molecule has 0 saturated carbocycles. The van der Waals surface area contributed by atoms with Gasteiger partial charge in [-0.05, 0) is 36.8 Å². The number of H-pyrrole nitrogens is 1. The maximum absolute atomic E-state index is 12.4. The van der Waals surface area contributed by atoms with E-state index in [2.05, 4.69) is 15.3 Å². The lowest BCUT2D eigenvalue weighted by atomic mass is 10.0. The van der Waals surface area contributed by atoms with E-state index in [-0.39, 0.29) is 11.9 Å². The number of hydrogen-bond acceptors (Lipinski definition) is 4. The zero-order valence-electron chi connectivity index (χ0n) is 12.1. The van der Waals surface area contributed by atoms with Crippen LogP contribution in [0.4, 0.5) is 11.4 Å². The molecule has 0 fully saturated rings. The average molecular weight is 295 g/mol. The molecule has 0 radical (unpaired) electrons. The molecule has 6 nitrogen and oxygen atoms in total. The molecular weight excluding hydrogens is 278 g/mol. The molecule has 22 heavy (non-hydrogen) atoms. The molecule has 0 bridgehead atoms. The van der Waals surface area contributed by atoms with E-state index in [9.17, 15) is 4.79 Å². The van der Waals surface area contributed by atoms with Crippen molar-refractivity contribution < 1.29 is 4.79 Å². The fourth-order valence-electron chi connectivity index (χ4n) is 2.33. The standard InChI is InChI=1S/C16H17N5O/c1-9(17)10-2-3-11(13(18)8-10)16(22)21-14-5-7-20-15-12(14)4-6-19-15/h2-9H,17-18H2,1H3,(H2,19,20,21,22). The Morgan fingerprint density at radius 1 is 1.32 bits per heavy atom. The molecule has 2 heterocycles. The van der Waals surface area contributed by atoms with E-state index >= 15 is 0 Å². The molecule has 0 aliphatic heterocycles. The van der Waals surface area contributed by atoms with Crippen LogP contribution in [0.1, 0.15) is 28.9 Å². The van der Waals surface area contributed by atoms with Crippen molar-refractivity contribution in [3.8, 4) is 0 Å². The Labute approximate surface area is 127 Å². The molecule has 0 saturated heterocycles. The van der Waals surface area contributed by atoms with Gasteiger partial charge in [0.25, 0.3) is 5.91 Å². The smallest absolute Gasteiger partial charge is 0.257 e. The molecule has 1 unspecified atom stereocenters. The lowest BCUT2D eigenvalue weighted by Gasteiger charge is -2.11. The third kappa shape index (κ3) is 2.51. The van der Waals surface area contributed by atoms with Crippen LogP contribution in [0.25, 0.3) is 11.0 Å². The molecule has 2 aromatic heterocycles. The van der Waals surface area contributed by atoms with Crippen LogP contribution in [0.5, 0.6) is 0 Å². The average Bonchev–Trinajstić information content (AvgIpc) is 2.96. The van der Waals surface area contributed by atoms with Crippen LogP contribution in [0.15, 0.2) is 42.7 Å².